The molecule has 1 aliphatic rings. The van der Waals surface area contributed by atoms with Crippen molar-refractivity contribution in [2.45, 2.75) is 31.7 Å². The summed E-state index contributed by atoms with van der Waals surface area (Å²) < 4.78 is 5.42. The highest BCUT2D eigenvalue weighted by molar-refractivity contribution is 8.02. The van der Waals surface area contributed by atoms with Gasteiger partial charge in [0.15, 0.2) is 0 Å². The SMILES string of the molecule is [CH2]C1=CSC(c2cccnc2)N1C(=O)OC(C)(C)C. The van der Waals surface area contributed by atoms with Crippen molar-refractivity contribution in [2.24, 2.45) is 0 Å². The number of allylic oxidation sites excluding steroid dienone is 1. The third-order valence-corrected chi connectivity index (χ3v) is 3.59. The van der Waals surface area contributed by atoms with Gasteiger partial charge in [-0.3, -0.25) is 9.88 Å². The molecule has 0 fully saturated rings. The normalized spacial score (nSPS) is 19.3. The van der Waals surface area contributed by atoms with Gasteiger partial charge in [0, 0.05) is 23.7 Å². The zero-order chi connectivity index (χ0) is 14.0. The van der Waals surface area contributed by atoms with E-state index < -0.39 is 5.60 Å². The van der Waals surface area contributed by atoms with Crippen LogP contribution in [-0.2, 0) is 4.74 Å². The zero-order valence-corrected chi connectivity index (χ0v) is 12.1. The number of hydrogen-bond donors (Lipinski definition) is 0. The second kappa shape index (κ2) is 5.25. The summed E-state index contributed by atoms with van der Waals surface area (Å²) in [6, 6.07) is 3.79. The molecule has 0 aliphatic carbocycles. The van der Waals surface area contributed by atoms with Crippen LogP contribution >= 0.6 is 11.8 Å². The van der Waals surface area contributed by atoms with E-state index in [1.54, 1.807) is 17.3 Å². The van der Waals surface area contributed by atoms with Crippen LogP contribution in [0.5, 0.6) is 0 Å². The highest BCUT2D eigenvalue weighted by Crippen LogP contribution is 2.42. The molecule has 1 atom stereocenters. The van der Waals surface area contributed by atoms with E-state index in [0.29, 0.717) is 5.70 Å². The molecule has 0 bridgehead atoms. The van der Waals surface area contributed by atoms with Crippen LogP contribution < -0.4 is 0 Å². The third-order valence-electron chi connectivity index (χ3n) is 2.44. The van der Waals surface area contributed by atoms with Crippen molar-refractivity contribution in [3.05, 3.63) is 48.1 Å². The standard InChI is InChI=1S/C14H17N2O2S/c1-10-9-19-12(11-6-5-7-15-8-11)16(10)13(17)18-14(2,3)4/h5-9,12H,1H2,2-4H3. The number of carbonyl (C=O) groups is 1. The van der Waals surface area contributed by atoms with E-state index in [9.17, 15) is 4.79 Å². The molecule has 0 saturated carbocycles. The smallest absolute Gasteiger partial charge is 0.415 e. The van der Waals surface area contributed by atoms with Crippen LogP contribution in [0.25, 0.3) is 0 Å². The Morgan fingerprint density at radius 1 is 1.53 bits per heavy atom. The highest BCUT2D eigenvalue weighted by atomic mass is 32.2. The zero-order valence-electron chi connectivity index (χ0n) is 11.3. The number of aromatic nitrogens is 1. The third kappa shape index (κ3) is 3.29. The molecule has 1 aliphatic heterocycles. The quantitative estimate of drug-likeness (QED) is 0.784. The van der Waals surface area contributed by atoms with Crippen molar-refractivity contribution >= 4 is 17.9 Å². The first kappa shape index (κ1) is 13.9. The van der Waals surface area contributed by atoms with Crippen molar-refractivity contribution in [1.82, 2.24) is 9.88 Å². The summed E-state index contributed by atoms with van der Waals surface area (Å²) in [6.45, 7) is 9.43. The van der Waals surface area contributed by atoms with Crippen molar-refractivity contribution < 1.29 is 9.53 Å². The van der Waals surface area contributed by atoms with Gasteiger partial charge in [0.25, 0.3) is 0 Å². The van der Waals surface area contributed by atoms with E-state index in [2.05, 4.69) is 11.9 Å². The predicted octanol–water partition coefficient (Wildman–Crippen LogP) is 3.74. The maximum absolute atomic E-state index is 12.2. The molecule has 0 spiro atoms. The molecule has 5 heteroatoms. The Labute approximate surface area is 117 Å². The van der Waals surface area contributed by atoms with Crippen molar-refractivity contribution in [1.29, 1.82) is 0 Å². The molecule has 0 saturated heterocycles. The Balaban J connectivity index is 2.21. The fourth-order valence-corrected chi connectivity index (χ4v) is 2.72. The number of carbonyl (C=O) groups excluding carboxylic acids is 1. The van der Waals surface area contributed by atoms with Gasteiger partial charge in [-0.1, -0.05) is 6.07 Å². The first-order chi connectivity index (χ1) is 8.88. The lowest BCUT2D eigenvalue weighted by molar-refractivity contribution is 0.0307. The fourth-order valence-electron chi connectivity index (χ4n) is 1.69. The van der Waals surface area contributed by atoms with Gasteiger partial charge in [-0.15, -0.1) is 11.8 Å². The van der Waals surface area contributed by atoms with Crippen molar-refractivity contribution in [2.75, 3.05) is 0 Å². The molecule has 101 valence electrons. The number of nitrogens with zero attached hydrogens (tertiary/aromatic N) is 2. The lowest BCUT2D eigenvalue weighted by Crippen LogP contribution is -2.35. The molecular formula is C14H17N2O2S. The van der Waals surface area contributed by atoms with E-state index in [4.69, 9.17) is 4.74 Å². The molecule has 1 aromatic heterocycles. The lowest BCUT2D eigenvalue weighted by atomic mass is 10.2. The van der Waals surface area contributed by atoms with Crippen LogP contribution in [0.4, 0.5) is 4.79 Å². The average Bonchev–Trinajstić information content (AvgIpc) is 2.70. The lowest BCUT2D eigenvalue weighted by Gasteiger charge is -2.29. The van der Waals surface area contributed by atoms with Crippen LogP contribution in [0.2, 0.25) is 0 Å². The number of pyridine rings is 1. The van der Waals surface area contributed by atoms with Gasteiger partial charge in [-0.25, -0.2) is 4.79 Å². The van der Waals surface area contributed by atoms with Crippen LogP contribution in [0.15, 0.2) is 35.6 Å². The Kier molecular flexibility index (Phi) is 3.85. The first-order valence-electron chi connectivity index (χ1n) is 5.98. The summed E-state index contributed by atoms with van der Waals surface area (Å²) in [5.74, 6) is 0. The molecular weight excluding hydrogens is 260 g/mol. The van der Waals surface area contributed by atoms with Crippen LogP contribution in [-0.4, -0.2) is 21.6 Å². The van der Waals surface area contributed by atoms with Gasteiger partial charge in [0.2, 0.25) is 0 Å². The fraction of sp³-hybridized carbons (Fsp3) is 0.357. The molecule has 4 nitrogen and oxygen atoms in total. The molecule has 1 radical (unpaired) electrons. The molecule has 1 unspecified atom stereocenters. The predicted molar refractivity (Wildman–Crippen MR) is 76.1 cm³/mol. The summed E-state index contributed by atoms with van der Waals surface area (Å²) in [5.41, 5.74) is 1.07. The van der Waals surface area contributed by atoms with Crippen LogP contribution in [0, 0.1) is 6.92 Å². The van der Waals surface area contributed by atoms with E-state index in [-0.39, 0.29) is 11.5 Å². The Morgan fingerprint density at radius 2 is 2.26 bits per heavy atom. The van der Waals surface area contributed by atoms with Gasteiger partial charge < -0.3 is 4.74 Å². The molecule has 0 N–H and O–H groups in total. The minimum Gasteiger partial charge on any atom is -0.443 e. The largest absolute Gasteiger partial charge is 0.443 e. The first-order valence-corrected chi connectivity index (χ1v) is 6.92. The Bertz CT molecular complexity index is 494. The minimum absolute atomic E-state index is 0.156. The van der Waals surface area contributed by atoms with E-state index in [1.807, 2.05) is 38.3 Å². The van der Waals surface area contributed by atoms with Crippen LogP contribution in [0.1, 0.15) is 31.7 Å². The van der Waals surface area contributed by atoms with Crippen molar-refractivity contribution in [3.63, 3.8) is 0 Å². The number of amides is 1. The molecule has 1 amide bonds. The second-order valence-electron chi connectivity index (χ2n) is 5.23. The number of thioether (sulfide) groups is 1. The highest BCUT2D eigenvalue weighted by Gasteiger charge is 2.34. The van der Waals surface area contributed by atoms with Gasteiger partial charge in [0.1, 0.15) is 11.0 Å². The van der Waals surface area contributed by atoms with Gasteiger partial charge >= 0.3 is 6.09 Å². The summed E-state index contributed by atoms with van der Waals surface area (Å²) in [5, 5.41) is 1.71. The van der Waals surface area contributed by atoms with E-state index in [1.165, 1.54) is 11.8 Å². The number of ether oxygens (including phenoxy) is 1. The van der Waals surface area contributed by atoms with Gasteiger partial charge in [0.05, 0.1) is 0 Å². The summed E-state index contributed by atoms with van der Waals surface area (Å²) >= 11 is 1.53. The summed E-state index contributed by atoms with van der Waals surface area (Å²) in [4.78, 5) is 17.9. The monoisotopic (exact) mass is 277 g/mol. The topological polar surface area (TPSA) is 42.4 Å². The maximum Gasteiger partial charge on any atom is 0.415 e. The van der Waals surface area contributed by atoms with Gasteiger partial charge in [-0.05, 0) is 39.2 Å². The maximum atomic E-state index is 12.2. The average molecular weight is 277 g/mol. The summed E-state index contributed by atoms with van der Waals surface area (Å²) in [7, 11) is 0. The molecule has 0 aromatic carbocycles. The molecule has 2 rings (SSSR count). The Morgan fingerprint density at radius 3 is 2.84 bits per heavy atom. The molecule has 2 heterocycles. The molecule has 19 heavy (non-hydrogen) atoms. The van der Waals surface area contributed by atoms with Crippen molar-refractivity contribution in [3.8, 4) is 0 Å². The minimum atomic E-state index is -0.524. The number of hydrogen-bond acceptors (Lipinski definition) is 4. The van der Waals surface area contributed by atoms with E-state index >= 15 is 0 Å². The van der Waals surface area contributed by atoms with E-state index in [0.717, 1.165) is 5.56 Å². The second-order valence-corrected chi connectivity index (χ2v) is 6.19. The van der Waals surface area contributed by atoms with Gasteiger partial charge in [-0.2, -0.15) is 0 Å². The molecule has 1 aromatic rings. The Hall–Kier alpha value is -1.49. The summed E-state index contributed by atoms with van der Waals surface area (Å²) in [6.07, 6.45) is 3.08. The number of rotatable bonds is 1. The van der Waals surface area contributed by atoms with Crippen LogP contribution in [0.3, 0.4) is 0 Å².